The van der Waals surface area contributed by atoms with Crippen molar-refractivity contribution in [1.82, 2.24) is 0 Å². The topological polar surface area (TPSA) is 55.4 Å². The maximum Gasteiger partial charge on any atom is 0.317 e. The van der Waals surface area contributed by atoms with Crippen molar-refractivity contribution in [1.29, 1.82) is 0 Å². The zero-order valence-corrected chi connectivity index (χ0v) is 20.2. The molecule has 1 saturated heterocycles. The molecule has 0 saturated carbocycles. The highest BCUT2D eigenvalue weighted by Gasteiger charge is 2.57. The van der Waals surface area contributed by atoms with Crippen molar-refractivity contribution >= 4 is 0 Å². The first-order valence-electron chi connectivity index (χ1n) is 10.1. The standard InChI is InChI=1S/C8H12F2O2.C8H8F2O2.C7H12O2/c1-7(9)8(2,10)12-6-4-3-5-11-7;1-4-5-6-11-7(2,9)8(3,10)12-6;1-5-6(2)9-7(3,4)8-5/h3-4H,5-6H2,1-2H3;1,5H,2-3H3;1-4H3/b4-3-;;. The van der Waals surface area contributed by atoms with Gasteiger partial charge in [0.2, 0.25) is 5.79 Å². The van der Waals surface area contributed by atoms with E-state index < -0.39 is 29.2 Å². The SMILES string of the molecule is C#CC=C1OC(C)(F)C(C)(F)O1.CC1(F)OC/C=C\COC1(C)F.CC1=C(C)OC(C)(C)O1. The molecule has 0 aromatic carbocycles. The molecule has 0 aromatic heterocycles. The molecule has 10 heteroatoms. The molecule has 0 aromatic rings. The largest absolute Gasteiger partial charge is 0.454 e. The van der Waals surface area contributed by atoms with Crippen LogP contribution in [0.5, 0.6) is 0 Å². The molecular formula is C23H32F4O6. The molecule has 6 nitrogen and oxygen atoms in total. The van der Waals surface area contributed by atoms with Gasteiger partial charge in [-0.15, -0.1) is 6.42 Å². The van der Waals surface area contributed by atoms with Crippen molar-refractivity contribution in [2.45, 2.75) is 84.6 Å². The fourth-order valence-electron chi connectivity index (χ4n) is 2.41. The van der Waals surface area contributed by atoms with E-state index in [1.807, 2.05) is 33.6 Å². The lowest BCUT2D eigenvalue weighted by molar-refractivity contribution is -0.305. The van der Waals surface area contributed by atoms with Crippen LogP contribution in [0.3, 0.4) is 0 Å². The van der Waals surface area contributed by atoms with E-state index in [9.17, 15) is 17.6 Å². The summed E-state index contributed by atoms with van der Waals surface area (Å²) in [5.41, 5.74) is 0. The first-order valence-corrected chi connectivity index (χ1v) is 10.1. The highest BCUT2D eigenvalue weighted by molar-refractivity contribution is 5.13. The van der Waals surface area contributed by atoms with Crippen molar-refractivity contribution < 1.29 is 46.0 Å². The second-order valence-corrected chi connectivity index (χ2v) is 8.31. The van der Waals surface area contributed by atoms with Gasteiger partial charge in [-0.1, -0.05) is 18.1 Å². The monoisotopic (exact) mass is 480 g/mol. The number of hydrogen-bond acceptors (Lipinski definition) is 6. The Bertz CT molecular complexity index is 765. The van der Waals surface area contributed by atoms with Gasteiger partial charge in [0.1, 0.15) is 11.5 Å². The summed E-state index contributed by atoms with van der Waals surface area (Å²) >= 11 is 0. The van der Waals surface area contributed by atoms with Crippen molar-refractivity contribution in [3.05, 3.63) is 35.7 Å². The number of hydrogen-bond donors (Lipinski definition) is 0. The van der Waals surface area contributed by atoms with Gasteiger partial charge in [-0.25, -0.2) is 8.78 Å². The number of rotatable bonds is 0. The molecule has 1 fully saturated rings. The predicted octanol–water partition coefficient (Wildman–Crippen LogP) is 5.86. The Morgan fingerprint density at radius 2 is 1.09 bits per heavy atom. The Hall–Kier alpha value is -2.38. The lowest BCUT2D eigenvalue weighted by Crippen LogP contribution is -2.47. The molecule has 4 atom stereocenters. The average Bonchev–Trinajstić information content (AvgIpc) is 2.99. The Kier molecular flexibility index (Phi) is 8.91. The van der Waals surface area contributed by atoms with Gasteiger partial charge in [0.05, 0.1) is 19.3 Å². The van der Waals surface area contributed by atoms with E-state index in [1.54, 1.807) is 12.2 Å². The Morgan fingerprint density at radius 1 is 0.727 bits per heavy atom. The summed E-state index contributed by atoms with van der Waals surface area (Å²) in [4.78, 5) is 0. The summed E-state index contributed by atoms with van der Waals surface area (Å²) in [5.74, 6) is -6.69. The molecule has 3 aliphatic heterocycles. The van der Waals surface area contributed by atoms with E-state index in [-0.39, 0.29) is 19.2 Å². The van der Waals surface area contributed by atoms with Crippen LogP contribution < -0.4 is 0 Å². The van der Waals surface area contributed by atoms with Crippen LogP contribution in [0.4, 0.5) is 17.6 Å². The molecule has 3 rings (SSSR count). The molecule has 0 radical (unpaired) electrons. The number of ether oxygens (including phenoxy) is 6. The van der Waals surface area contributed by atoms with E-state index >= 15 is 0 Å². The van der Waals surface area contributed by atoms with Gasteiger partial charge < -0.3 is 28.4 Å². The Labute approximate surface area is 192 Å². The van der Waals surface area contributed by atoms with Crippen molar-refractivity contribution in [3.63, 3.8) is 0 Å². The van der Waals surface area contributed by atoms with Crippen molar-refractivity contribution in [2.24, 2.45) is 0 Å². The van der Waals surface area contributed by atoms with E-state index in [2.05, 4.69) is 18.9 Å². The number of terminal acetylenes is 1. The molecular weight excluding hydrogens is 448 g/mol. The summed E-state index contributed by atoms with van der Waals surface area (Å²) in [6.07, 6.45) is 9.05. The predicted molar refractivity (Wildman–Crippen MR) is 113 cm³/mol. The van der Waals surface area contributed by atoms with Gasteiger partial charge in [-0.3, -0.25) is 0 Å². The van der Waals surface area contributed by atoms with E-state index in [1.165, 1.54) is 0 Å². The summed E-state index contributed by atoms with van der Waals surface area (Å²) in [6.45, 7) is 11.6. The van der Waals surface area contributed by atoms with Gasteiger partial charge in [0, 0.05) is 41.5 Å². The quantitative estimate of drug-likeness (QED) is 0.246. The summed E-state index contributed by atoms with van der Waals surface area (Å²) in [7, 11) is 0. The third-order valence-corrected chi connectivity index (χ3v) is 4.74. The number of allylic oxidation sites excluding steroid dienone is 3. The molecule has 3 aliphatic rings. The molecule has 3 heterocycles. The number of halogens is 4. The zero-order chi connectivity index (χ0) is 25.7. The van der Waals surface area contributed by atoms with Crippen LogP contribution in [0.2, 0.25) is 0 Å². The smallest absolute Gasteiger partial charge is 0.317 e. The molecule has 0 aliphatic carbocycles. The maximum atomic E-state index is 13.3. The van der Waals surface area contributed by atoms with Crippen LogP contribution in [0.25, 0.3) is 0 Å². The Balaban J connectivity index is 0.000000250. The third kappa shape index (κ3) is 7.86. The molecule has 33 heavy (non-hydrogen) atoms. The van der Waals surface area contributed by atoms with Crippen molar-refractivity contribution in [2.75, 3.05) is 13.2 Å². The van der Waals surface area contributed by atoms with Crippen molar-refractivity contribution in [3.8, 4) is 12.3 Å². The lowest BCUT2D eigenvalue weighted by Gasteiger charge is -2.33. The molecule has 0 bridgehead atoms. The van der Waals surface area contributed by atoms with Crippen LogP contribution in [0, 0.1) is 12.3 Å². The van der Waals surface area contributed by atoms with Gasteiger partial charge in [0.15, 0.2) is 0 Å². The van der Waals surface area contributed by atoms with Gasteiger partial charge in [-0.05, 0) is 13.8 Å². The van der Waals surface area contributed by atoms with Crippen LogP contribution in [-0.2, 0) is 28.4 Å². The van der Waals surface area contributed by atoms with Crippen LogP contribution in [0.15, 0.2) is 35.7 Å². The maximum absolute atomic E-state index is 13.3. The zero-order valence-electron chi connectivity index (χ0n) is 20.2. The summed E-state index contributed by atoms with van der Waals surface area (Å²) in [5, 5.41) is 0. The molecule has 4 unspecified atom stereocenters. The second kappa shape index (κ2) is 10.3. The Morgan fingerprint density at radius 3 is 1.36 bits per heavy atom. The van der Waals surface area contributed by atoms with Gasteiger partial charge in [0.25, 0.3) is 17.7 Å². The van der Waals surface area contributed by atoms with Gasteiger partial charge in [-0.2, -0.15) is 8.78 Å². The highest BCUT2D eigenvalue weighted by Crippen LogP contribution is 2.42. The number of alkyl halides is 4. The first-order chi connectivity index (χ1) is 14.9. The van der Waals surface area contributed by atoms with Crippen LogP contribution in [0.1, 0.15) is 55.4 Å². The minimum Gasteiger partial charge on any atom is -0.454 e. The summed E-state index contributed by atoms with van der Waals surface area (Å²) in [6, 6.07) is 0. The minimum atomic E-state index is -2.49. The van der Waals surface area contributed by atoms with Crippen LogP contribution >= 0.6 is 0 Å². The average molecular weight is 480 g/mol. The minimum absolute atomic E-state index is 0.0653. The molecule has 0 amide bonds. The van der Waals surface area contributed by atoms with Crippen LogP contribution in [-0.4, -0.2) is 42.4 Å². The van der Waals surface area contributed by atoms with Gasteiger partial charge >= 0.3 is 11.7 Å². The lowest BCUT2D eigenvalue weighted by atomic mass is 10.2. The van der Waals surface area contributed by atoms with E-state index in [0.29, 0.717) is 0 Å². The van der Waals surface area contributed by atoms with E-state index in [4.69, 9.17) is 15.9 Å². The summed E-state index contributed by atoms with van der Waals surface area (Å²) < 4.78 is 81.7. The molecule has 0 spiro atoms. The fourth-order valence-corrected chi connectivity index (χ4v) is 2.41. The second-order valence-electron chi connectivity index (χ2n) is 8.31. The highest BCUT2D eigenvalue weighted by atomic mass is 19.2. The normalized spacial score (nSPS) is 37.7. The first kappa shape index (κ1) is 28.7. The third-order valence-electron chi connectivity index (χ3n) is 4.74. The van der Waals surface area contributed by atoms with E-state index in [0.717, 1.165) is 45.3 Å². The molecule has 0 N–H and O–H groups in total. The molecule has 188 valence electrons. The fraction of sp³-hybridized carbons (Fsp3) is 0.652.